The van der Waals surface area contributed by atoms with Crippen LogP contribution in [-0.2, 0) is 30.4 Å². The van der Waals surface area contributed by atoms with E-state index >= 15 is 0 Å². The van der Waals surface area contributed by atoms with Crippen LogP contribution in [0.15, 0.2) is 0 Å². The Bertz CT molecular complexity index is 940. The molecule has 0 aliphatic rings. The minimum absolute atomic E-state index is 7.88. The van der Waals surface area contributed by atoms with Crippen molar-refractivity contribution in [3.8, 4) is 0 Å². The zero-order chi connectivity index (χ0) is 27.0. The third kappa shape index (κ3) is 3.50. The van der Waals surface area contributed by atoms with Gasteiger partial charge < -0.3 is 0 Å². The summed E-state index contributed by atoms with van der Waals surface area (Å²) in [5, 5.41) is -24.7. The summed E-state index contributed by atoms with van der Waals surface area (Å²) in [5.74, 6) is -27.0. The predicted molar refractivity (Wildman–Crippen MR) is 68.2 cm³/mol. The molecule has 0 aromatic rings. The van der Waals surface area contributed by atoms with E-state index in [2.05, 4.69) is 0 Å². The predicted octanol–water partition coefficient (Wildman–Crippen LogP) is 2.04. The van der Waals surface area contributed by atoms with Gasteiger partial charge in [0.15, 0.2) is 0 Å². The fraction of sp³-hybridized carbons (Fsp3) is 1.00. The van der Waals surface area contributed by atoms with E-state index in [1.165, 1.54) is 0 Å². The third-order valence-corrected chi connectivity index (χ3v) is 6.08. The molecule has 0 amide bonds. The molecule has 0 spiro atoms. The average Bonchev–Trinajstić information content (AvgIpc) is 2.49. The Labute approximate surface area is 166 Å². The van der Waals surface area contributed by atoms with Gasteiger partial charge >= 0.3 is 69.6 Å². The van der Waals surface area contributed by atoms with Crippen molar-refractivity contribution in [2.75, 3.05) is 0 Å². The molecule has 0 saturated heterocycles. The molecule has 0 fully saturated rings. The van der Waals surface area contributed by atoms with Gasteiger partial charge in [-0.15, -0.1) is 0 Å². The van der Waals surface area contributed by atoms with Gasteiger partial charge in [-0.3, -0.25) is 13.7 Å². The molecule has 0 unspecified atom stereocenters. The van der Waals surface area contributed by atoms with Crippen LogP contribution < -0.4 is 0 Å². The molecule has 0 bridgehead atoms. The SMILES string of the molecule is O=S(=O)(O)C(F)(F)C(F)(F)C(F)(C(F)(F)C(F)(F)S(=O)(=O)O)C(F)(F)C(F)(F)S(=O)(=O)O. The van der Waals surface area contributed by atoms with Crippen LogP contribution in [0.5, 0.6) is 0 Å². The summed E-state index contributed by atoms with van der Waals surface area (Å²) in [4.78, 5) is 0. The molecule has 25 heteroatoms. The number of hydrogen-bond donors (Lipinski definition) is 3. The molecule has 0 aliphatic carbocycles. The van der Waals surface area contributed by atoms with Crippen molar-refractivity contribution in [1.82, 2.24) is 0 Å². The first kappa shape index (κ1) is 30.8. The van der Waals surface area contributed by atoms with Crippen LogP contribution in [0.2, 0.25) is 0 Å². The Kier molecular flexibility index (Phi) is 6.89. The van der Waals surface area contributed by atoms with Gasteiger partial charge in [0.25, 0.3) is 0 Å². The van der Waals surface area contributed by atoms with Crippen LogP contribution >= 0.6 is 0 Å². The zero-order valence-corrected chi connectivity index (χ0v) is 15.9. The number of halogens is 13. The number of rotatable bonds is 9. The summed E-state index contributed by atoms with van der Waals surface area (Å²) >= 11 is 0. The second kappa shape index (κ2) is 7.16. The van der Waals surface area contributed by atoms with Crippen molar-refractivity contribution in [3.63, 3.8) is 0 Å². The standard InChI is InChI=1S/C7H3F13O9S3/c8-1(2(9,10)5(15,16)30(21,22)23,3(11,12)6(17,18)31(24,25)26)4(13,14)7(19,20)32(27,28)29/h(H,21,22,23)(H,24,25,26)(H,27,28,29). The summed E-state index contributed by atoms with van der Waals surface area (Å²) in [7, 11) is -24.7. The van der Waals surface area contributed by atoms with E-state index < -0.39 is 69.6 Å². The topological polar surface area (TPSA) is 163 Å². The molecule has 194 valence electrons. The van der Waals surface area contributed by atoms with Crippen LogP contribution in [0.4, 0.5) is 57.1 Å². The van der Waals surface area contributed by atoms with Gasteiger partial charge in [0.1, 0.15) is 0 Å². The van der Waals surface area contributed by atoms with E-state index in [9.17, 15) is 82.3 Å². The summed E-state index contributed by atoms with van der Waals surface area (Å²) in [6.07, 6.45) is 0. The van der Waals surface area contributed by atoms with Crippen molar-refractivity contribution in [1.29, 1.82) is 0 Å². The van der Waals surface area contributed by atoms with Crippen molar-refractivity contribution >= 4 is 30.4 Å². The van der Waals surface area contributed by atoms with E-state index in [1.807, 2.05) is 0 Å². The lowest BCUT2D eigenvalue weighted by Gasteiger charge is -2.46. The minimum Gasteiger partial charge on any atom is -0.281 e. The van der Waals surface area contributed by atoms with E-state index in [1.54, 1.807) is 0 Å². The second-order valence-electron chi connectivity index (χ2n) is 5.36. The van der Waals surface area contributed by atoms with Gasteiger partial charge in [-0.25, -0.2) is 4.39 Å². The van der Waals surface area contributed by atoms with E-state index in [-0.39, 0.29) is 0 Å². The van der Waals surface area contributed by atoms with Crippen molar-refractivity contribution in [2.24, 2.45) is 0 Å². The average molecular weight is 574 g/mol. The summed E-state index contributed by atoms with van der Waals surface area (Å²) in [5.41, 5.74) is -9.36. The van der Waals surface area contributed by atoms with E-state index in [4.69, 9.17) is 13.7 Å². The molecule has 0 heterocycles. The van der Waals surface area contributed by atoms with Gasteiger partial charge in [0.05, 0.1) is 0 Å². The van der Waals surface area contributed by atoms with Gasteiger partial charge in [0.2, 0.25) is 0 Å². The first-order chi connectivity index (χ1) is 13.2. The van der Waals surface area contributed by atoms with Crippen LogP contribution in [0, 0.1) is 0 Å². The summed E-state index contributed by atoms with van der Waals surface area (Å²) < 4.78 is 261. The fourth-order valence-corrected chi connectivity index (χ4v) is 3.07. The minimum atomic E-state index is -9.36. The largest absolute Gasteiger partial charge is 0.435 e. The molecule has 32 heavy (non-hydrogen) atoms. The lowest BCUT2D eigenvalue weighted by atomic mass is 9.83. The number of hydrogen-bond acceptors (Lipinski definition) is 6. The highest BCUT2D eigenvalue weighted by Crippen LogP contribution is 2.66. The molecule has 0 aromatic heterocycles. The van der Waals surface area contributed by atoms with Crippen LogP contribution in [0.1, 0.15) is 0 Å². The molecular weight excluding hydrogens is 571 g/mol. The maximum atomic E-state index is 14.4. The highest BCUT2D eigenvalue weighted by molar-refractivity contribution is 7.87. The highest BCUT2D eigenvalue weighted by Gasteiger charge is 3.00. The molecule has 9 nitrogen and oxygen atoms in total. The van der Waals surface area contributed by atoms with Crippen LogP contribution in [0.25, 0.3) is 0 Å². The quantitative estimate of drug-likeness (QED) is 0.276. The summed E-state index contributed by atoms with van der Waals surface area (Å²) in [6, 6.07) is 0. The van der Waals surface area contributed by atoms with Gasteiger partial charge in [-0.05, 0) is 0 Å². The van der Waals surface area contributed by atoms with Gasteiger partial charge in [-0.1, -0.05) is 0 Å². The molecule has 0 rings (SSSR count). The van der Waals surface area contributed by atoms with Crippen molar-refractivity contribution < 1.29 is 96.0 Å². The molecule has 3 N–H and O–H groups in total. The van der Waals surface area contributed by atoms with E-state index in [0.717, 1.165) is 0 Å². The van der Waals surface area contributed by atoms with Gasteiger partial charge in [-0.2, -0.15) is 77.9 Å². The maximum absolute atomic E-state index is 14.4. The lowest BCUT2D eigenvalue weighted by Crippen LogP contribution is -2.81. The van der Waals surface area contributed by atoms with Crippen molar-refractivity contribution in [3.05, 3.63) is 0 Å². The zero-order valence-electron chi connectivity index (χ0n) is 13.4. The molecule has 0 aliphatic heterocycles. The first-order valence-electron chi connectivity index (χ1n) is 6.12. The summed E-state index contributed by atoms with van der Waals surface area (Å²) in [6.45, 7) is 0. The Morgan fingerprint density at radius 2 is 0.500 bits per heavy atom. The molecule has 0 radical (unpaired) electrons. The first-order valence-corrected chi connectivity index (χ1v) is 10.4. The Morgan fingerprint density at radius 1 is 0.375 bits per heavy atom. The van der Waals surface area contributed by atoms with Crippen molar-refractivity contribution in [2.45, 2.75) is 39.2 Å². The normalized spacial score (nSPS) is 16.9. The number of alkyl halides is 13. The molecule has 0 atom stereocenters. The third-order valence-electron chi connectivity index (χ3n) is 3.37. The Balaban J connectivity index is 8.16. The second-order valence-corrected chi connectivity index (χ2v) is 9.75. The monoisotopic (exact) mass is 574 g/mol. The highest BCUT2D eigenvalue weighted by atomic mass is 32.2. The smallest absolute Gasteiger partial charge is 0.281 e. The van der Waals surface area contributed by atoms with Gasteiger partial charge in [0, 0.05) is 0 Å². The van der Waals surface area contributed by atoms with Crippen LogP contribution in [-0.4, -0.2) is 78.1 Å². The fourth-order valence-electron chi connectivity index (χ4n) is 1.68. The molecular formula is C7H3F13O9S3. The lowest BCUT2D eigenvalue weighted by molar-refractivity contribution is -0.405. The van der Waals surface area contributed by atoms with E-state index in [0.29, 0.717) is 0 Å². The molecule has 0 aromatic carbocycles. The maximum Gasteiger partial charge on any atom is 0.435 e. The molecule has 0 saturated carbocycles. The Hall–Kier alpha value is -1.18. The Morgan fingerprint density at radius 3 is 0.594 bits per heavy atom. The van der Waals surface area contributed by atoms with Crippen LogP contribution in [0.3, 0.4) is 0 Å².